The first-order chi connectivity index (χ1) is 12.0. The molecule has 0 aliphatic carbocycles. The van der Waals surface area contributed by atoms with Crippen LogP contribution < -0.4 is 0 Å². The highest BCUT2D eigenvalue weighted by atomic mass is 35.5. The Balaban J connectivity index is 1.91. The third-order valence-electron chi connectivity index (χ3n) is 3.16. The molecule has 2 heterocycles. The van der Waals surface area contributed by atoms with Crippen molar-refractivity contribution in [1.82, 2.24) is 14.9 Å². The summed E-state index contributed by atoms with van der Waals surface area (Å²) in [7, 11) is 0. The number of hydrogen-bond donors (Lipinski definition) is 0. The Morgan fingerprint density at radius 1 is 1.28 bits per heavy atom. The van der Waals surface area contributed by atoms with Gasteiger partial charge in [-0.2, -0.15) is 5.10 Å². The molecule has 3 rings (SSSR count). The average molecular weight is 359 g/mol. The molecular weight excluding hydrogens is 344 g/mol. The second-order valence-electron chi connectivity index (χ2n) is 5.43. The normalized spacial score (nSPS) is 11.4. The summed E-state index contributed by atoms with van der Waals surface area (Å²) in [6.45, 7) is 3.58. The highest BCUT2D eigenvalue weighted by Gasteiger charge is 2.18. The maximum absolute atomic E-state index is 12.3. The van der Waals surface area contributed by atoms with Gasteiger partial charge in [0, 0.05) is 10.6 Å². The molecule has 0 bridgehead atoms. The molecule has 7 nitrogen and oxygen atoms in total. The van der Waals surface area contributed by atoms with Gasteiger partial charge in [0.1, 0.15) is 24.2 Å². The van der Waals surface area contributed by atoms with Crippen LogP contribution in [-0.4, -0.2) is 33.2 Å². The number of rotatable bonds is 5. The predicted molar refractivity (Wildman–Crippen MR) is 92.7 cm³/mol. The number of carbonyl (C=O) groups excluding carboxylic acids is 1. The van der Waals surface area contributed by atoms with Crippen molar-refractivity contribution in [3.05, 3.63) is 59.3 Å². The van der Waals surface area contributed by atoms with Crippen LogP contribution in [0.25, 0.3) is 11.3 Å². The van der Waals surface area contributed by atoms with E-state index in [4.69, 9.17) is 20.8 Å². The Labute approximate surface area is 148 Å². The van der Waals surface area contributed by atoms with Crippen LogP contribution in [0.15, 0.2) is 52.5 Å². The van der Waals surface area contributed by atoms with Crippen molar-refractivity contribution in [1.29, 1.82) is 0 Å². The Bertz CT molecular complexity index is 901. The molecule has 0 amide bonds. The van der Waals surface area contributed by atoms with Crippen molar-refractivity contribution in [3.63, 3.8) is 0 Å². The molecule has 0 atom stereocenters. The van der Waals surface area contributed by atoms with E-state index >= 15 is 0 Å². The van der Waals surface area contributed by atoms with Crippen LogP contribution in [0.3, 0.4) is 0 Å². The molecule has 0 saturated carbocycles. The lowest BCUT2D eigenvalue weighted by Gasteiger charge is -2.11. The van der Waals surface area contributed by atoms with Crippen LogP contribution in [-0.2, 0) is 4.74 Å². The van der Waals surface area contributed by atoms with Crippen molar-refractivity contribution in [2.24, 2.45) is 5.10 Å². The topological polar surface area (TPSA) is 82.5 Å². The number of carbonyl (C=O) groups is 1. The van der Waals surface area contributed by atoms with Crippen LogP contribution in [0.2, 0.25) is 5.02 Å². The van der Waals surface area contributed by atoms with Gasteiger partial charge in [0.2, 0.25) is 0 Å². The summed E-state index contributed by atoms with van der Waals surface area (Å²) in [5.74, 6) is 0.563. The lowest BCUT2D eigenvalue weighted by Crippen LogP contribution is -2.12. The summed E-state index contributed by atoms with van der Waals surface area (Å²) < 4.78 is 12.5. The van der Waals surface area contributed by atoms with Crippen LogP contribution in [0.1, 0.15) is 30.0 Å². The Hall–Kier alpha value is -2.93. The Morgan fingerprint density at radius 3 is 2.76 bits per heavy atom. The summed E-state index contributed by atoms with van der Waals surface area (Å²) >= 11 is 6.08. The summed E-state index contributed by atoms with van der Waals surface area (Å²) in [6.07, 6.45) is 4.21. The van der Waals surface area contributed by atoms with Gasteiger partial charge in [0.15, 0.2) is 0 Å². The van der Waals surface area contributed by atoms with Gasteiger partial charge >= 0.3 is 5.97 Å². The lowest BCUT2D eigenvalue weighted by molar-refractivity contribution is 0.0378. The van der Waals surface area contributed by atoms with Crippen molar-refractivity contribution in [2.45, 2.75) is 20.0 Å². The largest absolute Gasteiger partial charge is 0.459 e. The lowest BCUT2D eigenvalue weighted by atomic mass is 10.1. The molecular formula is C17H15ClN4O3. The minimum absolute atomic E-state index is 0.223. The van der Waals surface area contributed by atoms with Gasteiger partial charge in [-0.3, -0.25) is 0 Å². The number of benzene rings is 1. The minimum atomic E-state index is -0.433. The van der Waals surface area contributed by atoms with Crippen LogP contribution in [0.5, 0.6) is 0 Å². The van der Waals surface area contributed by atoms with E-state index in [0.717, 1.165) is 0 Å². The zero-order chi connectivity index (χ0) is 17.8. The van der Waals surface area contributed by atoms with E-state index in [1.807, 2.05) is 0 Å². The molecule has 0 N–H and O–H groups in total. The molecule has 0 aliphatic rings. The molecule has 0 unspecified atom stereocenters. The van der Waals surface area contributed by atoms with Gasteiger partial charge in [-0.05, 0) is 44.2 Å². The summed E-state index contributed by atoms with van der Waals surface area (Å²) in [4.78, 5) is 12.3. The fourth-order valence-corrected chi connectivity index (χ4v) is 2.29. The number of nitrogens with zero attached hydrogens (tertiary/aromatic N) is 4. The first kappa shape index (κ1) is 16.9. The van der Waals surface area contributed by atoms with Gasteiger partial charge in [0.05, 0.1) is 17.9 Å². The van der Waals surface area contributed by atoms with Gasteiger partial charge in [-0.25, -0.2) is 9.47 Å². The van der Waals surface area contributed by atoms with Gasteiger partial charge in [-0.1, -0.05) is 11.6 Å². The van der Waals surface area contributed by atoms with E-state index in [1.54, 1.807) is 44.2 Å². The van der Waals surface area contributed by atoms with Crippen LogP contribution >= 0.6 is 11.6 Å². The van der Waals surface area contributed by atoms with Gasteiger partial charge in [0.25, 0.3) is 0 Å². The summed E-state index contributed by atoms with van der Waals surface area (Å²) in [5.41, 5.74) is 0.942. The third-order valence-corrected chi connectivity index (χ3v) is 3.40. The van der Waals surface area contributed by atoms with Gasteiger partial charge < -0.3 is 9.15 Å². The third kappa shape index (κ3) is 4.13. The zero-order valence-electron chi connectivity index (χ0n) is 13.6. The molecule has 128 valence electrons. The molecule has 0 radical (unpaired) electrons. The minimum Gasteiger partial charge on any atom is -0.459 e. The molecule has 0 saturated heterocycles. The number of aromatic nitrogens is 3. The van der Waals surface area contributed by atoms with Crippen LogP contribution in [0.4, 0.5) is 0 Å². The maximum Gasteiger partial charge on any atom is 0.339 e. The molecule has 8 heteroatoms. The van der Waals surface area contributed by atoms with Crippen molar-refractivity contribution < 1.29 is 13.9 Å². The molecule has 2 aromatic heterocycles. The zero-order valence-corrected chi connectivity index (χ0v) is 14.3. The van der Waals surface area contributed by atoms with Crippen molar-refractivity contribution in [3.8, 4) is 11.3 Å². The van der Waals surface area contributed by atoms with E-state index in [2.05, 4.69) is 15.3 Å². The molecule has 0 spiro atoms. The van der Waals surface area contributed by atoms with Crippen molar-refractivity contribution in [2.75, 3.05) is 0 Å². The Kier molecular flexibility index (Phi) is 4.95. The van der Waals surface area contributed by atoms with E-state index in [9.17, 15) is 4.79 Å². The highest BCUT2D eigenvalue weighted by Crippen LogP contribution is 2.29. The quantitative estimate of drug-likeness (QED) is 0.513. The first-order valence-corrected chi connectivity index (χ1v) is 7.90. The van der Waals surface area contributed by atoms with E-state index in [1.165, 1.54) is 23.5 Å². The number of esters is 1. The van der Waals surface area contributed by atoms with Crippen LogP contribution in [0, 0.1) is 0 Å². The second kappa shape index (κ2) is 7.31. The highest BCUT2D eigenvalue weighted by molar-refractivity contribution is 6.31. The van der Waals surface area contributed by atoms with Crippen molar-refractivity contribution >= 4 is 23.8 Å². The van der Waals surface area contributed by atoms with E-state index in [0.29, 0.717) is 27.7 Å². The van der Waals surface area contributed by atoms with Gasteiger partial charge in [-0.15, -0.1) is 10.2 Å². The number of furan rings is 1. The molecule has 3 aromatic rings. The molecule has 0 aliphatic heterocycles. The number of hydrogen-bond acceptors (Lipinski definition) is 6. The van der Waals surface area contributed by atoms with E-state index in [-0.39, 0.29) is 6.10 Å². The average Bonchev–Trinajstić information content (AvgIpc) is 3.24. The number of ether oxygens (including phenoxy) is 1. The number of halogens is 1. The second-order valence-corrected chi connectivity index (χ2v) is 5.87. The summed E-state index contributed by atoms with van der Waals surface area (Å²) in [6, 6.07) is 8.40. The molecule has 0 fully saturated rings. The molecule has 1 aromatic carbocycles. The Morgan fingerprint density at radius 2 is 2.04 bits per heavy atom. The fraction of sp³-hybridized carbons (Fsp3) is 0.176. The first-order valence-electron chi connectivity index (χ1n) is 7.52. The SMILES string of the molecule is CC(C)OC(=O)c1ccc(Cl)cc1-c1ccc(/C=N/n2cnnc2)o1. The predicted octanol–water partition coefficient (Wildman–Crippen LogP) is 3.64. The fourth-order valence-electron chi connectivity index (χ4n) is 2.12. The molecule has 25 heavy (non-hydrogen) atoms. The maximum atomic E-state index is 12.3. The standard InChI is InChI=1S/C17H15ClN4O3/c1-11(2)24-17(23)14-5-3-12(18)7-15(14)16-6-4-13(25-16)8-21-22-9-19-20-10-22/h3-11H,1-2H3/b21-8+. The smallest absolute Gasteiger partial charge is 0.339 e. The summed E-state index contributed by atoms with van der Waals surface area (Å²) in [5, 5.41) is 11.9. The van der Waals surface area contributed by atoms with E-state index < -0.39 is 5.97 Å². The monoisotopic (exact) mass is 358 g/mol.